The monoisotopic (exact) mass is 325 g/mol. The van der Waals surface area contributed by atoms with Crippen molar-refractivity contribution >= 4 is 23.2 Å². The van der Waals surface area contributed by atoms with Crippen LogP contribution in [0.2, 0.25) is 10.0 Å². The van der Waals surface area contributed by atoms with Crippen LogP contribution in [0.4, 0.5) is 0 Å². The fourth-order valence-corrected chi connectivity index (χ4v) is 2.80. The third-order valence-corrected chi connectivity index (χ3v) is 4.41. The molecule has 114 valence electrons. The zero-order valence-corrected chi connectivity index (χ0v) is 13.9. The van der Waals surface area contributed by atoms with Crippen LogP contribution in [0.5, 0.6) is 0 Å². The maximum absolute atomic E-state index is 6.23. The van der Waals surface area contributed by atoms with Gasteiger partial charge in [-0.3, -0.25) is 4.68 Å². The molecule has 0 saturated carbocycles. The smallest absolute Gasteiger partial charge is 0.0640 e. The largest absolute Gasteiger partial charge is 0.327 e. The van der Waals surface area contributed by atoms with Gasteiger partial charge in [0.25, 0.3) is 0 Å². The second kappa shape index (κ2) is 7.30. The van der Waals surface area contributed by atoms with Gasteiger partial charge in [0.2, 0.25) is 0 Å². The minimum atomic E-state index is -0.0531. The molecule has 0 saturated heterocycles. The zero-order chi connectivity index (χ0) is 15.4. The molecule has 1 aromatic carbocycles. The van der Waals surface area contributed by atoms with Gasteiger partial charge in [0.15, 0.2) is 0 Å². The Hall–Kier alpha value is -1.03. The van der Waals surface area contributed by atoms with E-state index < -0.39 is 0 Å². The molecule has 1 heterocycles. The van der Waals surface area contributed by atoms with Crippen molar-refractivity contribution in [2.45, 2.75) is 45.2 Å². The van der Waals surface area contributed by atoms with E-state index in [0.717, 1.165) is 17.7 Å². The second-order valence-corrected chi connectivity index (χ2v) is 6.23. The number of nitrogens with two attached hydrogens (primary N) is 1. The van der Waals surface area contributed by atoms with Crippen molar-refractivity contribution in [3.05, 3.63) is 51.8 Å². The number of aromatic nitrogens is 2. The lowest BCUT2D eigenvalue weighted by molar-refractivity contribution is 0.471. The third kappa shape index (κ3) is 4.22. The van der Waals surface area contributed by atoms with Gasteiger partial charge in [-0.25, -0.2) is 0 Å². The molecule has 0 amide bonds. The number of rotatable bonds is 6. The quantitative estimate of drug-likeness (QED) is 0.861. The van der Waals surface area contributed by atoms with Gasteiger partial charge < -0.3 is 5.73 Å². The first-order chi connectivity index (χ1) is 10.0. The molecule has 0 radical (unpaired) electrons. The van der Waals surface area contributed by atoms with Crippen LogP contribution in [-0.4, -0.2) is 15.8 Å². The van der Waals surface area contributed by atoms with Gasteiger partial charge in [-0.05, 0) is 43.5 Å². The predicted molar refractivity (Wildman–Crippen MR) is 89.1 cm³/mol. The van der Waals surface area contributed by atoms with Crippen molar-refractivity contribution < 1.29 is 0 Å². The Morgan fingerprint density at radius 3 is 2.48 bits per heavy atom. The first-order valence-electron chi connectivity index (χ1n) is 7.23. The highest BCUT2D eigenvalue weighted by molar-refractivity contribution is 6.36. The van der Waals surface area contributed by atoms with E-state index in [2.05, 4.69) is 18.9 Å². The molecule has 0 aliphatic rings. The summed E-state index contributed by atoms with van der Waals surface area (Å²) in [6.45, 7) is 4.30. The highest BCUT2D eigenvalue weighted by atomic mass is 35.5. The molecular weight excluding hydrogens is 305 g/mol. The Morgan fingerprint density at radius 2 is 1.86 bits per heavy atom. The lowest BCUT2D eigenvalue weighted by atomic mass is 10.0. The van der Waals surface area contributed by atoms with Crippen molar-refractivity contribution in [2.24, 2.45) is 5.73 Å². The number of halogens is 2. The van der Waals surface area contributed by atoms with E-state index in [4.69, 9.17) is 28.9 Å². The molecule has 0 aliphatic carbocycles. The molecule has 2 unspecified atom stereocenters. The maximum atomic E-state index is 6.23. The molecular formula is C16H21Cl2N3. The highest BCUT2D eigenvalue weighted by Gasteiger charge is 2.13. The lowest BCUT2D eigenvalue weighted by Gasteiger charge is -2.13. The molecule has 1 aromatic heterocycles. The van der Waals surface area contributed by atoms with Crippen LogP contribution in [0.1, 0.15) is 37.6 Å². The predicted octanol–water partition coefficient (Wildman–Crippen LogP) is 4.27. The van der Waals surface area contributed by atoms with Gasteiger partial charge >= 0.3 is 0 Å². The maximum Gasteiger partial charge on any atom is 0.0640 e. The average Bonchev–Trinajstić information content (AvgIpc) is 2.90. The minimum absolute atomic E-state index is 0.0531. The molecule has 21 heavy (non-hydrogen) atoms. The molecule has 2 aromatic rings. The standard InChI is InChI=1S/C16H21Cl2N3/c1-3-11(2)21-8-7-13(20-21)9-12(19)10-14-15(17)5-4-6-16(14)18/h4-8,11-12H,3,9-10,19H2,1-2H3. The van der Waals surface area contributed by atoms with E-state index in [0.29, 0.717) is 28.9 Å². The summed E-state index contributed by atoms with van der Waals surface area (Å²) in [7, 11) is 0. The number of hydrogen-bond acceptors (Lipinski definition) is 2. The van der Waals surface area contributed by atoms with Crippen LogP contribution in [0.3, 0.4) is 0 Å². The van der Waals surface area contributed by atoms with E-state index in [9.17, 15) is 0 Å². The summed E-state index contributed by atoms with van der Waals surface area (Å²) in [5.74, 6) is 0. The molecule has 0 bridgehead atoms. The lowest BCUT2D eigenvalue weighted by Crippen LogP contribution is -2.26. The van der Waals surface area contributed by atoms with Crippen molar-refractivity contribution in [1.82, 2.24) is 9.78 Å². The first-order valence-corrected chi connectivity index (χ1v) is 7.99. The van der Waals surface area contributed by atoms with Crippen molar-refractivity contribution in [3.8, 4) is 0 Å². The Kier molecular flexibility index (Phi) is 5.68. The van der Waals surface area contributed by atoms with E-state index in [1.807, 2.05) is 35.1 Å². The first kappa shape index (κ1) is 16.3. The molecule has 0 spiro atoms. The van der Waals surface area contributed by atoms with Gasteiger partial charge in [0, 0.05) is 34.7 Å². The fraction of sp³-hybridized carbons (Fsp3) is 0.438. The van der Waals surface area contributed by atoms with E-state index in [-0.39, 0.29) is 6.04 Å². The van der Waals surface area contributed by atoms with E-state index in [1.54, 1.807) is 0 Å². The molecule has 2 atom stereocenters. The van der Waals surface area contributed by atoms with E-state index >= 15 is 0 Å². The summed E-state index contributed by atoms with van der Waals surface area (Å²) in [4.78, 5) is 0. The highest BCUT2D eigenvalue weighted by Crippen LogP contribution is 2.25. The number of benzene rings is 1. The van der Waals surface area contributed by atoms with E-state index in [1.165, 1.54) is 0 Å². The van der Waals surface area contributed by atoms with Crippen molar-refractivity contribution in [3.63, 3.8) is 0 Å². The third-order valence-electron chi connectivity index (χ3n) is 3.71. The fourth-order valence-electron chi connectivity index (χ4n) is 2.25. The average molecular weight is 326 g/mol. The topological polar surface area (TPSA) is 43.8 Å². The zero-order valence-electron chi connectivity index (χ0n) is 12.4. The SMILES string of the molecule is CCC(C)n1ccc(CC(N)Cc2c(Cl)cccc2Cl)n1. The van der Waals surface area contributed by atoms with Gasteiger partial charge in [0.1, 0.15) is 0 Å². The normalized spacial score (nSPS) is 14.1. The molecule has 5 heteroatoms. The Morgan fingerprint density at radius 1 is 1.19 bits per heavy atom. The summed E-state index contributed by atoms with van der Waals surface area (Å²) in [5, 5.41) is 5.92. The molecule has 0 fully saturated rings. The van der Waals surface area contributed by atoms with Gasteiger partial charge in [-0.1, -0.05) is 36.2 Å². The van der Waals surface area contributed by atoms with Crippen LogP contribution in [-0.2, 0) is 12.8 Å². The molecule has 0 aliphatic heterocycles. The van der Waals surface area contributed by atoms with Gasteiger partial charge in [0.05, 0.1) is 5.69 Å². The Bertz CT molecular complexity index is 575. The van der Waals surface area contributed by atoms with Crippen LogP contribution < -0.4 is 5.73 Å². The summed E-state index contributed by atoms with van der Waals surface area (Å²) >= 11 is 12.4. The minimum Gasteiger partial charge on any atom is -0.327 e. The molecule has 3 nitrogen and oxygen atoms in total. The number of hydrogen-bond donors (Lipinski definition) is 1. The van der Waals surface area contributed by atoms with Crippen LogP contribution in [0.15, 0.2) is 30.5 Å². The summed E-state index contributed by atoms with van der Waals surface area (Å²) < 4.78 is 1.99. The van der Waals surface area contributed by atoms with Crippen LogP contribution in [0, 0.1) is 0 Å². The van der Waals surface area contributed by atoms with Gasteiger partial charge in [-0.15, -0.1) is 0 Å². The summed E-state index contributed by atoms with van der Waals surface area (Å²) in [6, 6.07) is 7.91. The second-order valence-electron chi connectivity index (χ2n) is 5.41. The molecule has 2 N–H and O–H groups in total. The summed E-state index contributed by atoms with van der Waals surface area (Å²) in [5.41, 5.74) is 8.14. The summed E-state index contributed by atoms with van der Waals surface area (Å²) in [6.07, 6.45) is 4.43. The Labute approximate surface area is 136 Å². The number of nitrogens with zero attached hydrogens (tertiary/aromatic N) is 2. The van der Waals surface area contributed by atoms with Crippen LogP contribution >= 0.6 is 23.2 Å². The van der Waals surface area contributed by atoms with Crippen molar-refractivity contribution in [1.29, 1.82) is 0 Å². The Balaban J connectivity index is 2.02. The van der Waals surface area contributed by atoms with Gasteiger partial charge in [-0.2, -0.15) is 5.10 Å². The van der Waals surface area contributed by atoms with Crippen molar-refractivity contribution in [2.75, 3.05) is 0 Å². The van der Waals surface area contributed by atoms with Crippen LogP contribution in [0.25, 0.3) is 0 Å². The molecule has 2 rings (SSSR count).